The number of anilines is 1. The van der Waals surface area contributed by atoms with Crippen LogP contribution in [0.25, 0.3) is 0 Å². The Labute approximate surface area is 179 Å². The molecule has 1 N–H and O–H groups in total. The van der Waals surface area contributed by atoms with Gasteiger partial charge in [-0.3, -0.25) is 19.3 Å². The Morgan fingerprint density at radius 3 is 2.37 bits per heavy atom. The normalized spacial score (nSPS) is 17.3. The molecule has 1 unspecified atom stereocenters. The fourth-order valence-electron chi connectivity index (χ4n) is 2.95. The van der Waals surface area contributed by atoms with E-state index in [1.165, 1.54) is 18.7 Å². The number of carbonyl (C=O) groups excluding carboxylic acids is 3. The summed E-state index contributed by atoms with van der Waals surface area (Å²) in [5.41, 5.74) is 1.90. The summed E-state index contributed by atoms with van der Waals surface area (Å²) in [7, 11) is 1.58. The van der Waals surface area contributed by atoms with E-state index >= 15 is 0 Å². The molecule has 3 rings (SSSR count). The summed E-state index contributed by atoms with van der Waals surface area (Å²) in [6, 6.07) is 13.9. The summed E-state index contributed by atoms with van der Waals surface area (Å²) >= 11 is 1.28. The van der Waals surface area contributed by atoms with Crippen molar-refractivity contribution in [1.29, 1.82) is 0 Å². The fourth-order valence-corrected chi connectivity index (χ4v) is 4.17. The number of amidine groups is 1. The minimum absolute atomic E-state index is 0.0160. The number of aliphatic imine (C=N–C) groups is 1. The number of ketones is 1. The summed E-state index contributed by atoms with van der Waals surface area (Å²) in [6.07, 6.45) is 0.0499. The first-order valence-electron chi connectivity index (χ1n) is 9.53. The van der Waals surface area contributed by atoms with Gasteiger partial charge < -0.3 is 10.1 Å². The molecule has 0 bridgehead atoms. The first-order chi connectivity index (χ1) is 14.4. The molecule has 1 heterocycles. The third-order valence-corrected chi connectivity index (χ3v) is 5.75. The summed E-state index contributed by atoms with van der Waals surface area (Å²) in [5.74, 6) is 0.309. The molecule has 2 aromatic rings. The highest BCUT2D eigenvalue weighted by atomic mass is 32.2. The number of Topliss-reactive ketones (excluding diaryl/α,β-unsaturated/α-hetero) is 1. The molecular formula is C22H23N3O4S. The molecule has 30 heavy (non-hydrogen) atoms. The van der Waals surface area contributed by atoms with Gasteiger partial charge in [0.05, 0.1) is 12.8 Å². The zero-order valence-electron chi connectivity index (χ0n) is 17.0. The van der Waals surface area contributed by atoms with Crippen LogP contribution in [0.3, 0.4) is 0 Å². The zero-order valence-corrected chi connectivity index (χ0v) is 17.9. The number of thioether (sulfide) groups is 1. The van der Waals surface area contributed by atoms with Gasteiger partial charge >= 0.3 is 0 Å². The number of methoxy groups -OCH3 is 1. The van der Waals surface area contributed by atoms with Gasteiger partial charge in [-0.15, -0.1) is 0 Å². The number of carbonyl (C=O) groups is 3. The molecule has 2 amide bonds. The van der Waals surface area contributed by atoms with Crippen LogP contribution in [0.2, 0.25) is 0 Å². The minimum atomic E-state index is -0.529. The van der Waals surface area contributed by atoms with E-state index in [4.69, 9.17) is 4.74 Å². The largest absolute Gasteiger partial charge is 0.497 e. The molecule has 1 aliphatic rings. The van der Waals surface area contributed by atoms with Crippen molar-refractivity contribution in [2.24, 2.45) is 4.99 Å². The number of rotatable bonds is 7. The van der Waals surface area contributed by atoms with Crippen molar-refractivity contribution in [2.45, 2.75) is 25.5 Å². The van der Waals surface area contributed by atoms with Gasteiger partial charge in [-0.05, 0) is 62.4 Å². The Morgan fingerprint density at radius 1 is 1.13 bits per heavy atom. The Morgan fingerprint density at radius 2 is 1.80 bits per heavy atom. The van der Waals surface area contributed by atoms with Gasteiger partial charge in [0.2, 0.25) is 11.8 Å². The molecule has 1 atom stereocenters. The lowest BCUT2D eigenvalue weighted by atomic mass is 10.1. The Bertz CT molecular complexity index is 971. The minimum Gasteiger partial charge on any atom is -0.497 e. The topological polar surface area (TPSA) is 88.1 Å². The Balaban J connectivity index is 1.68. The molecule has 1 aliphatic heterocycles. The van der Waals surface area contributed by atoms with Crippen molar-refractivity contribution in [1.82, 2.24) is 4.90 Å². The van der Waals surface area contributed by atoms with Crippen molar-refractivity contribution in [2.75, 3.05) is 19.0 Å². The monoisotopic (exact) mass is 425 g/mol. The molecule has 0 saturated carbocycles. The van der Waals surface area contributed by atoms with Gasteiger partial charge in [0.25, 0.3) is 0 Å². The smallest absolute Gasteiger partial charge is 0.242 e. The van der Waals surface area contributed by atoms with Crippen LogP contribution in [-0.4, -0.2) is 46.6 Å². The van der Waals surface area contributed by atoms with Crippen LogP contribution in [0.15, 0.2) is 53.5 Å². The van der Waals surface area contributed by atoms with Gasteiger partial charge in [0.1, 0.15) is 11.0 Å². The third-order valence-electron chi connectivity index (χ3n) is 4.58. The second kappa shape index (κ2) is 9.58. The lowest BCUT2D eigenvalue weighted by molar-refractivity contribution is -0.128. The first-order valence-corrected chi connectivity index (χ1v) is 10.4. The number of nitrogens with zero attached hydrogens (tertiary/aromatic N) is 2. The van der Waals surface area contributed by atoms with Crippen LogP contribution in [0, 0.1) is 0 Å². The number of hydrogen-bond donors (Lipinski definition) is 1. The number of hydrogen-bond acceptors (Lipinski definition) is 6. The molecule has 8 heteroatoms. The van der Waals surface area contributed by atoms with Gasteiger partial charge in [0, 0.05) is 24.2 Å². The van der Waals surface area contributed by atoms with E-state index < -0.39 is 5.25 Å². The van der Waals surface area contributed by atoms with Crippen molar-refractivity contribution < 1.29 is 19.1 Å². The zero-order chi connectivity index (χ0) is 21.7. The van der Waals surface area contributed by atoms with Crippen LogP contribution >= 0.6 is 11.8 Å². The predicted octanol–water partition coefficient (Wildman–Crippen LogP) is 3.88. The van der Waals surface area contributed by atoms with E-state index in [9.17, 15) is 14.4 Å². The van der Waals surface area contributed by atoms with E-state index in [-0.39, 0.29) is 24.0 Å². The number of amides is 2. The maximum atomic E-state index is 12.7. The molecule has 0 aliphatic carbocycles. The highest BCUT2D eigenvalue weighted by molar-refractivity contribution is 8.15. The first kappa shape index (κ1) is 21.6. The van der Waals surface area contributed by atoms with E-state index in [0.29, 0.717) is 34.4 Å². The SMILES string of the molecule is CCN1C(=O)C(CC(=O)Nc2ccc(OC)cc2)SC1=Nc1ccc(C(C)=O)cc1. The Kier molecular flexibility index (Phi) is 6.89. The lowest BCUT2D eigenvalue weighted by Crippen LogP contribution is -2.33. The van der Waals surface area contributed by atoms with E-state index in [1.54, 1.807) is 60.5 Å². The average molecular weight is 426 g/mol. The summed E-state index contributed by atoms with van der Waals surface area (Å²) < 4.78 is 5.10. The van der Waals surface area contributed by atoms with Gasteiger partial charge in [0.15, 0.2) is 11.0 Å². The highest BCUT2D eigenvalue weighted by Gasteiger charge is 2.38. The molecular weight excluding hydrogens is 402 g/mol. The average Bonchev–Trinajstić information content (AvgIpc) is 3.02. The summed E-state index contributed by atoms with van der Waals surface area (Å²) in [4.78, 5) is 42.7. The van der Waals surface area contributed by atoms with Crippen molar-refractivity contribution in [3.8, 4) is 5.75 Å². The van der Waals surface area contributed by atoms with Gasteiger partial charge in [-0.2, -0.15) is 0 Å². The third kappa shape index (κ3) is 5.07. The fraction of sp³-hybridized carbons (Fsp3) is 0.273. The molecule has 2 aromatic carbocycles. The molecule has 156 valence electrons. The van der Waals surface area contributed by atoms with Crippen LogP contribution in [-0.2, 0) is 9.59 Å². The van der Waals surface area contributed by atoms with E-state index in [0.717, 1.165) is 0 Å². The maximum Gasteiger partial charge on any atom is 0.242 e. The molecule has 0 radical (unpaired) electrons. The van der Waals surface area contributed by atoms with Gasteiger partial charge in [-0.1, -0.05) is 11.8 Å². The van der Waals surface area contributed by atoms with Crippen molar-refractivity contribution in [3.05, 3.63) is 54.1 Å². The molecule has 0 aromatic heterocycles. The quantitative estimate of drug-likeness (QED) is 0.680. The van der Waals surface area contributed by atoms with Crippen LogP contribution < -0.4 is 10.1 Å². The van der Waals surface area contributed by atoms with Gasteiger partial charge in [-0.25, -0.2) is 4.99 Å². The summed E-state index contributed by atoms with van der Waals surface area (Å²) in [5, 5.41) is 2.83. The predicted molar refractivity (Wildman–Crippen MR) is 119 cm³/mol. The van der Waals surface area contributed by atoms with Crippen LogP contribution in [0.5, 0.6) is 5.75 Å². The van der Waals surface area contributed by atoms with Crippen LogP contribution in [0.4, 0.5) is 11.4 Å². The number of nitrogens with one attached hydrogen (secondary N) is 1. The molecule has 1 saturated heterocycles. The standard InChI is InChI=1S/C22H23N3O4S/c1-4-25-21(28)19(13-20(27)23-16-9-11-18(29-3)12-10-16)30-22(25)24-17-7-5-15(6-8-17)14(2)26/h5-12,19H,4,13H2,1-3H3,(H,23,27). The van der Waals surface area contributed by atoms with E-state index in [2.05, 4.69) is 10.3 Å². The lowest BCUT2D eigenvalue weighted by Gasteiger charge is -2.13. The molecule has 1 fully saturated rings. The molecule has 0 spiro atoms. The number of benzene rings is 2. The van der Waals surface area contributed by atoms with Crippen molar-refractivity contribution in [3.63, 3.8) is 0 Å². The Hall–Kier alpha value is -3.13. The second-order valence-electron chi connectivity index (χ2n) is 6.67. The maximum absolute atomic E-state index is 12.7. The number of ether oxygens (including phenoxy) is 1. The van der Waals surface area contributed by atoms with E-state index in [1.807, 2.05) is 6.92 Å². The second-order valence-corrected chi connectivity index (χ2v) is 7.84. The molecule has 7 nitrogen and oxygen atoms in total. The summed E-state index contributed by atoms with van der Waals surface area (Å²) in [6.45, 7) is 3.84. The van der Waals surface area contributed by atoms with Crippen molar-refractivity contribution >= 4 is 45.9 Å². The highest BCUT2D eigenvalue weighted by Crippen LogP contribution is 2.31. The van der Waals surface area contributed by atoms with Crippen LogP contribution in [0.1, 0.15) is 30.6 Å².